The van der Waals surface area contributed by atoms with Gasteiger partial charge < -0.3 is 15.1 Å². The van der Waals surface area contributed by atoms with E-state index < -0.39 is 7.32 Å². The smallest absolute Gasteiger partial charge is 0.402 e. The van der Waals surface area contributed by atoms with Crippen LogP contribution in [-0.4, -0.2) is 22.4 Å². The molecule has 1 aliphatic rings. The van der Waals surface area contributed by atoms with Crippen molar-refractivity contribution in [2.24, 2.45) is 0 Å². The monoisotopic (exact) mass is 380 g/mol. The van der Waals surface area contributed by atoms with E-state index in [1.165, 1.54) is 33.4 Å². The van der Waals surface area contributed by atoms with Crippen LogP contribution in [0.4, 0.5) is 0 Å². The maximum Gasteiger partial charge on any atom is 0.631 e. The Morgan fingerprint density at radius 2 is 0.759 bits per heavy atom. The van der Waals surface area contributed by atoms with Gasteiger partial charge in [-0.25, -0.2) is 0 Å². The highest BCUT2D eigenvalue weighted by molar-refractivity contribution is 6.30. The van der Waals surface area contributed by atoms with E-state index in [1.807, 2.05) is 0 Å². The minimum Gasteiger partial charge on any atom is -0.402 e. The molecule has 5 rings (SSSR count). The van der Waals surface area contributed by atoms with Crippen molar-refractivity contribution in [3.63, 3.8) is 0 Å². The molecule has 4 aromatic rings. The third kappa shape index (κ3) is 3.28. The lowest BCUT2D eigenvalue weighted by Crippen LogP contribution is -2.28. The molecule has 3 nitrogen and oxygen atoms in total. The van der Waals surface area contributed by atoms with Crippen LogP contribution in [0.3, 0.4) is 0 Å². The Labute approximate surface area is 170 Å². The summed E-state index contributed by atoms with van der Waals surface area (Å²) in [6.45, 7) is 0. The van der Waals surface area contributed by atoms with Gasteiger partial charge in [-0.05, 0) is 33.4 Å². The van der Waals surface area contributed by atoms with Crippen molar-refractivity contribution in [3.8, 4) is 11.1 Å². The van der Waals surface area contributed by atoms with Gasteiger partial charge in [0, 0.05) is 0 Å². The Morgan fingerprint density at radius 3 is 1.14 bits per heavy atom. The summed E-state index contributed by atoms with van der Waals surface area (Å²) < 4.78 is 0. The van der Waals surface area contributed by atoms with Crippen molar-refractivity contribution in [2.45, 2.75) is 5.41 Å². The molecule has 142 valence electrons. The van der Waals surface area contributed by atoms with E-state index in [1.54, 1.807) is 0 Å². The van der Waals surface area contributed by atoms with Crippen LogP contribution in [0.15, 0.2) is 109 Å². The van der Waals surface area contributed by atoms with Gasteiger partial charge in [0.2, 0.25) is 0 Å². The average Bonchev–Trinajstić information content (AvgIpc) is 3.06. The molecule has 0 amide bonds. The Bertz CT molecular complexity index is 1010. The summed E-state index contributed by atoms with van der Waals surface area (Å²) in [5.74, 6) is 0. The number of benzene rings is 4. The zero-order valence-corrected chi connectivity index (χ0v) is 15.8. The zero-order valence-electron chi connectivity index (χ0n) is 15.8. The number of rotatable bonds is 2. The van der Waals surface area contributed by atoms with E-state index >= 15 is 0 Å². The van der Waals surface area contributed by atoms with E-state index in [4.69, 9.17) is 15.1 Å². The van der Waals surface area contributed by atoms with E-state index in [0.717, 1.165) is 0 Å². The van der Waals surface area contributed by atoms with E-state index in [2.05, 4.69) is 109 Å². The number of hydrogen-bond acceptors (Lipinski definition) is 3. The van der Waals surface area contributed by atoms with Gasteiger partial charge >= 0.3 is 7.32 Å². The van der Waals surface area contributed by atoms with Crippen molar-refractivity contribution < 1.29 is 15.1 Å². The van der Waals surface area contributed by atoms with Crippen LogP contribution in [0.5, 0.6) is 0 Å². The molecule has 0 saturated heterocycles. The van der Waals surface area contributed by atoms with Gasteiger partial charge in [0.1, 0.15) is 0 Å². The highest BCUT2D eigenvalue weighted by atomic mass is 16.5. The Hall–Kier alpha value is -3.18. The Kier molecular flexibility index (Phi) is 5.32. The van der Waals surface area contributed by atoms with Crippen molar-refractivity contribution in [1.82, 2.24) is 0 Å². The lowest BCUT2D eigenvalue weighted by atomic mass is 9.68. The lowest BCUT2D eigenvalue weighted by Gasteiger charge is -2.33. The predicted molar refractivity (Wildman–Crippen MR) is 116 cm³/mol. The van der Waals surface area contributed by atoms with Gasteiger partial charge in [-0.3, -0.25) is 0 Å². The third-order valence-electron chi connectivity index (χ3n) is 5.37. The van der Waals surface area contributed by atoms with Gasteiger partial charge in [0.05, 0.1) is 5.41 Å². The first kappa shape index (κ1) is 19.2. The number of fused-ring (bicyclic) bond motifs is 3. The first-order chi connectivity index (χ1) is 14.2. The van der Waals surface area contributed by atoms with Crippen molar-refractivity contribution in [1.29, 1.82) is 0 Å². The van der Waals surface area contributed by atoms with E-state index in [-0.39, 0.29) is 5.41 Å². The molecule has 0 bridgehead atoms. The van der Waals surface area contributed by atoms with Crippen LogP contribution in [0, 0.1) is 0 Å². The minimum atomic E-state index is -2.17. The first-order valence-corrected chi connectivity index (χ1v) is 9.50. The van der Waals surface area contributed by atoms with Gasteiger partial charge in [-0.1, -0.05) is 109 Å². The molecule has 0 spiro atoms. The second-order valence-electron chi connectivity index (χ2n) is 6.92. The molecular formula is C25H21BO3. The first-order valence-electron chi connectivity index (χ1n) is 9.50. The lowest BCUT2D eigenvalue weighted by molar-refractivity contribution is 0.278. The highest BCUT2D eigenvalue weighted by Crippen LogP contribution is 2.55. The largest absolute Gasteiger partial charge is 0.631 e. The molecule has 0 aliphatic heterocycles. The predicted octanol–water partition coefficient (Wildman–Crippen LogP) is 4.00. The van der Waals surface area contributed by atoms with Gasteiger partial charge in [-0.2, -0.15) is 0 Å². The number of hydrogen-bond donors (Lipinski definition) is 3. The standard InChI is InChI=1S/C25H18.BH3O3/c1-3-11-19(12-4-1)25(20-13-5-2-6-14-20)23-17-9-7-15-21(23)22-16-8-10-18-24(22)25;2-1(3)4/h1-18H;2-4H. The molecule has 0 unspecified atom stereocenters. The normalized spacial score (nSPS) is 12.9. The molecule has 0 atom stereocenters. The third-order valence-corrected chi connectivity index (χ3v) is 5.37. The summed E-state index contributed by atoms with van der Waals surface area (Å²) in [6, 6.07) is 39.5. The molecule has 1 aliphatic carbocycles. The summed E-state index contributed by atoms with van der Waals surface area (Å²) in [4.78, 5) is 0. The van der Waals surface area contributed by atoms with Gasteiger partial charge in [0.25, 0.3) is 0 Å². The van der Waals surface area contributed by atoms with Crippen molar-refractivity contribution in [2.75, 3.05) is 0 Å². The molecule has 0 aromatic heterocycles. The SMILES string of the molecule is OB(O)O.c1ccc(C2(c3ccccc3)c3ccccc3-c3ccccc32)cc1. The molecule has 0 fully saturated rings. The fourth-order valence-corrected chi connectivity index (χ4v) is 4.40. The Balaban J connectivity index is 0.000000472. The quantitative estimate of drug-likeness (QED) is 0.406. The summed E-state index contributed by atoms with van der Waals surface area (Å²) in [5, 5.41) is 21.5. The van der Waals surface area contributed by atoms with Gasteiger partial charge in [-0.15, -0.1) is 0 Å². The van der Waals surface area contributed by atoms with Crippen molar-refractivity contribution in [3.05, 3.63) is 131 Å². The second-order valence-corrected chi connectivity index (χ2v) is 6.92. The molecule has 29 heavy (non-hydrogen) atoms. The van der Waals surface area contributed by atoms with Crippen LogP contribution in [0.1, 0.15) is 22.3 Å². The van der Waals surface area contributed by atoms with E-state index in [9.17, 15) is 0 Å². The van der Waals surface area contributed by atoms with Crippen LogP contribution >= 0.6 is 0 Å². The van der Waals surface area contributed by atoms with Crippen molar-refractivity contribution >= 4 is 7.32 Å². The summed E-state index contributed by atoms with van der Waals surface area (Å²) in [5.41, 5.74) is 7.80. The molecule has 4 heteroatoms. The summed E-state index contributed by atoms with van der Waals surface area (Å²) in [7, 11) is -2.17. The minimum absolute atomic E-state index is 0.254. The average molecular weight is 380 g/mol. The molecule has 0 saturated carbocycles. The second kappa shape index (κ2) is 8.06. The van der Waals surface area contributed by atoms with Crippen LogP contribution in [0.25, 0.3) is 11.1 Å². The van der Waals surface area contributed by atoms with E-state index in [0.29, 0.717) is 0 Å². The molecule has 3 N–H and O–H groups in total. The fourth-order valence-electron chi connectivity index (χ4n) is 4.40. The molecule has 0 radical (unpaired) electrons. The summed E-state index contributed by atoms with van der Waals surface area (Å²) in [6.07, 6.45) is 0. The van der Waals surface area contributed by atoms with Gasteiger partial charge in [0.15, 0.2) is 0 Å². The van der Waals surface area contributed by atoms with Crippen LogP contribution in [0.2, 0.25) is 0 Å². The van der Waals surface area contributed by atoms with Crippen LogP contribution in [-0.2, 0) is 5.41 Å². The van der Waals surface area contributed by atoms with Crippen LogP contribution < -0.4 is 0 Å². The maximum absolute atomic E-state index is 7.17. The fraction of sp³-hybridized carbons (Fsp3) is 0.0400. The molecule has 4 aromatic carbocycles. The Morgan fingerprint density at radius 1 is 0.448 bits per heavy atom. The highest BCUT2D eigenvalue weighted by Gasteiger charge is 2.45. The molecular weight excluding hydrogens is 359 g/mol. The summed E-state index contributed by atoms with van der Waals surface area (Å²) >= 11 is 0. The topological polar surface area (TPSA) is 60.7 Å². The maximum atomic E-state index is 7.17. The zero-order chi connectivity index (χ0) is 20.3. The molecule has 0 heterocycles.